The molecule has 1 aromatic carbocycles. The van der Waals surface area contributed by atoms with Crippen LogP contribution in [0.2, 0.25) is 10.0 Å². The normalized spacial score (nSPS) is 22.9. The second-order valence-corrected chi connectivity index (χ2v) is 6.24. The number of hydrogen-bond donors (Lipinski definition) is 1. The van der Waals surface area contributed by atoms with Crippen LogP contribution in [0.3, 0.4) is 0 Å². The smallest absolute Gasteiger partial charge is 0.0538 e. The average molecular weight is 302 g/mol. The second kappa shape index (κ2) is 6.94. The van der Waals surface area contributed by atoms with Crippen molar-refractivity contribution in [2.24, 2.45) is 5.41 Å². The summed E-state index contributed by atoms with van der Waals surface area (Å²) in [6.45, 7) is 5.84. The fraction of sp³-hybridized carbons (Fsp3) is 0.600. The lowest BCUT2D eigenvalue weighted by Gasteiger charge is -2.28. The van der Waals surface area contributed by atoms with Gasteiger partial charge in [0, 0.05) is 28.6 Å². The molecule has 0 bridgehead atoms. The first kappa shape index (κ1) is 15.1. The highest BCUT2D eigenvalue weighted by atomic mass is 35.5. The Morgan fingerprint density at radius 3 is 2.89 bits per heavy atom. The number of benzene rings is 1. The zero-order valence-electron chi connectivity index (χ0n) is 11.3. The summed E-state index contributed by atoms with van der Waals surface area (Å²) in [6.07, 6.45) is 3.14. The Hall–Kier alpha value is -0.280. The van der Waals surface area contributed by atoms with Gasteiger partial charge >= 0.3 is 0 Å². The van der Waals surface area contributed by atoms with Crippen LogP contribution in [0.15, 0.2) is 18.2 Å². The third-order valence-electron chi connectivity index (χ3n) is 3.68. The zero-order chi connectivity index (χ0) is 13.7. The van der Waals surface area contributed by atoms with E-state index >= 15 is 0 Å². The molecular weight excluding hydrogens is 281 g/mol. The number of nitrogens with one attached hydrogen (secondary N) is 1. The Balaban J connectivity index is 2.09. The van der Waals surface area contributed by atoms with Crippen LogP contribution < -0.4 is 5.32 Å². The molecule has 0 aliphatic carbocycles. The van der Waals surface area contributed by atoms with Crippen LogP contribution in [0, 0.1) is 5.41 Å². The van der Waals surface area contributed by atoms with Gasteiger partial charge in [-0.15, -0.1) is 0 Å². The molecule has 0 aromatic heterocycles. The Morgan fingerprint density at radius 1 is 1.37 bits per heavy atom. The first-order valence-electron chi connectivity index (χ1n) is 6.88. The van der Waals surface area contributed by atoms with E-state index in [1.807, 2.05) is 18.2 Å². The van der Waals surface area contributed by atoms with Gasteiger partial charge in [-0.1, -0.05) is 30.1 Å². The summed E-state index contributed by atoms with van der Waals surface area (Å²) >= 11 is 12.3. The Bertz CT molecular complexity index is 417. The van der Waals surface area contributed by atoms with Crippen molar-refractivity contribution in [1.82, 2.24) is 5.32 Å². The molecule has 1 aliphatic heterocycles. The third-order valence-corrected chi connectivity index (χ3v) is 4.29. The molecule has 2 rings (SSSR count). The van der Waals surface area contributed by atoms with Crippen molar-refractivity contribution in [3.63, 3.8) is 0 Å². The molecule has 106 valence electrons. The van der Waals surface area contributed by atoms with Crippen LogP contribution in [0.1, 0.15) is 25.3 Å². The summed E-state index contributed by atoms with van der Waals surface area (Å²) in [7, 11) is 0. The molecule has 0 radical (unpaired) electrons. The van der Waals surface area contributed by atoms with Crippen molar-refractivity contribution in [3.8, 4) is 0 Å². The van der Waals surface area contributed by atoms with Crippen molar-refractivity contribution in [3.05, 3.63) is 33.8 Å². The highest BCUT2D eigenvalue weighted by Gasteiger charge is 2.35. The van der Waals surface area contributed by atoms with Gasteiger partial charge in [0.25, 0.3) is 0 Å². The van der Waals surface area contributed by atoms with Gasteiger partial charge in [-0.2, -0.15) is 0 Å². The number of hydrogen-bond acceptors (Lipinski definition) is 2. The largest absolute Gasteiger partial charge is 0.381 e. The van der Waals surface area contributed by atoms with Crippen molar-refractivity contribution >= 4 is 23.2 Å². The fourth-order valence-corrected chi connectivity index (χ4v) is 2.98. The maximum Gasteiger partial charge on any atom is 0.0538 e. The van der Waals surface area contributed by atoms with Gasteiger partial charge in [0.15, 0.2) is 0 Å². The predicted octanol–water partition coefficient (Wildman–Crippen LogP) is 3.94. The van der Waals surface area contributed by atoms with E-state index in [2.05, 4.69) is 12.2 Å². The van der Waals surface area contributed by atoms with Gasteiger partial charge in [-0.3, -0.25) is 0 Å². The summed E-state index contributed by atoms with van der Waals surface area (Å²) in [6, 6.07) is 5.69. The molecule has 1 aliphatic rings. The van der Waals surface area contributed by atoms with Crippen LogP contribution in [0.25, 0.3) is 0 Å². The molecule has 1 aromatic rings. The van der Waals surface area contributed by atoms with E-state index in [-0.39, 0.29) is 5.41 Å². The standard InChI is InChI=1S/C15H21Cl2NO/c1-2-6-18-10-15(5-7-19-11-15)9-12-8-13(16)3-4-14(12)17/h3-4,8,18H,2,5-7,9-11H2,1H3. The molecule has 19 heavy (non-hydrogen) atoms. The van der Waals surface area contributed by atoms with Crippen molar-refractivity contribution < 1.29 is 4.74 Å². The zero-order valence-corrected chi connectivity index (χ0v) is 12.9. The lowest BCUT2D eigenvalue weighted by Crippen LogP contribution is -2.37. The summed E-state index contributed by atoms with van der Waals surface area (Å²) in [4.78, 5) is 0. The molecule has 1 N–H and O–H groups in total. The molecule has 0 amide bonds. The van der Waals surface area contributed by atoms with Crippen LogP contribution in [-0.2, 0) is 11.2 Å². The van der Waals surface area contributed by atoms with E-state index in [1.54, 1.807) is 0 Å². The van der Waals surface area contributed by atoms with E-state index in [0.717, 1.165) is 61.2 Å². The second-order valence-electron chi connectivity index (χ2n) is 5.39. The fourth-order valence-electron chi connectivity index (χ4n) is 2.60. The van der Waals surface area contributed by atoms with Crippen LogP contribution in [0.4, 0.5) is 0 Å². The van der Waals surface area contributed by atoms with Crippen molar-refractivity contribution in [1.29, 1.82) is 0 Å². The Labute approximate surface area is 125 Å². The van der Waals surface area contributed by atoms with Gasteiger partial charge < -0.3 is 10.1 Å². The molecule has 1 heterocycles. The van der Waals surface area contributed by atoms with Crippen LogP contribution in [-0.4, -0.2) is 26.3 Å². The molecule has 1 atom stereocenters. The Kier molecular flexibility index (Phi) is 5.52. The quantitative estimate of drug-likeness (QED) is 0.804. The third kappa shape index (κ3) is 4.09. The molecule has 1 saturated heterocycles. The van der Waals surface area contributed by atoms with Crippen molar-refractivity contribution in [2.45, 2.75) is 26.2 Å². The minimum Gasteiger partial charge on any atom is -0.381 e. The molecule has 2 nitrogen and oxygen atoms in total. The summed E-state index contributed by atoms with van der Waals surface area (Å²) in [5.74, 6) is 0. The molecule has 4 heteroatoms. The highest BCUT2D eigenvalue weighted by molar-refractivity contribution is 6.33. The van der Waals surface area contributed by atoms with Crippen LogP contribution >= 0.6 is 23.2 Å². The minimum absolute atomic E-state index is 0.156. The van der Waals surface area contributed by atoms with Crippen LogP contribution in [0.5, 0.6) is 0 Å². The average Bonchev–Trinajstić information content (AvgIpc) is 2.83. The summed E-state index contributed by atoms with van der Waals surface area (Å²) < 4.78 is 5.62. The van der Waals surface area contributed by atoms with Gasteiger partial charge in [0.2, 0.25) is 0 Å². The predicted molar refractivity (Wildman–Crippen MR) is 81.2 cm³/mol. The maximum atomic E-state index is 6.28. The first-order chi connectivity index (χ1) is 9.15. The first-order valence-corrected chi connectivity index (χ1v) is 7.63. The van der Waals surface area contributed by atoms with E-state index in [4.69, 9.17) is 27.9 Å². The number of halogens is 2. The highest BCUT2D eigenvalue weighted by Crippen LogP contribution is 2.35. The van der Waals surface area contributed by atoms with E-state index < -0.39 is 0 Å². The monoisotopic (exact) mass is 301 g/mol. The van der Waals surface area contributed by atoms with Gasteiger partial charge in [0.05, 0.1) is 6.61 Å². The minimum atomic E-state index is 0.156. The van der Waals surface area contributed by atoms with Gasteiger partial charge in [-0.05, 0) is 49.6 Å². The summed E-state index contributed by atoms with van der Waals surface area (Å²) in [5.41, 5.74) is 1.28. The number of rotatable bonds is 6. The topological polar surface area (TPSA) is 21.3 Å². The lowest BCUT2D eigenvalue weighted by atomic mass is 9.81. The molecule has 0 spiro atoms. The van der Waals surface area contributed by atoms with Crippen molar-refractivity contribution in [2.75, 3.05) is 26.3 Å². The molecule has 1 fully saturated rings. The molecular formula is C15H21Cl2NO. The Morgan fingerprint density at radius 2 is 2.21 bits per heavy atom. The molecule has 1 unspecified atom stereocenters. The maximum absolute atomic E-state index is 6.28. The molecule has 0 saturated carbocycles. The summed E-state index contributed by atoms with van der Waals surface area (Å²) in [5, 5.41) is 5.06. The lowest BCUT2D eigenvalue weighted by molar-refractivity contribution is 0.149. The van der Waals surface area contributed by atoms with Gasteiger partial charge in [0.1, 0.15) is 0 Å². The van der Waals surface area contributed by atoms with E-state index in [0.29, 0.717) is 0 Å². The van der Waals surface area contributed by atoms with E-state index in [1.165, 1.54) is 0 Å². The SMILES string of the molecule is CCCNCC1(Cc2cc(Cl)ccc2Cl)CCOC1. The van der Waals surface area contributed by atoms with E-state index in [9.17, 15) is 0 Å². The van der Waals surface area contributed by atoms with Gasteiger partial charge in [-0.25, -0.2) is 0 Å². The number of ether oxygens (including phenoxy) is 1.